The summed E-state index contributed by atoms with van der Waals surface area (Å²) in [5, 5.41) is 20.5. The average Bonchev–Trinajstić information content (AvgIpc) is 3.40. The number of benzene rings is 2. The van der Waals surface area contributed by atoms with Crippen molar-refractivity contribution in [1.82, 2.24) is 20.5 Å². The summed E-state index contributed by atoms with van der Waals surface area (Å²) in [6.07, 6.45) is 0.638. The molecule has 0 radical (unpaired) electrons. The van der Waals surface area contributed by atoms with Crippen molar-refractivity contribution in [3.05, 3.63) is 65.2 Å². The minimum atomic E-state index is -0.358. The molecule has 174 valence electrons. The molecule has 1 amide bonds. The van der Waals surface area contributed by atoms with E-state index in [0.29, 0.717) is 36.6 Å². The van der Waals surface area contributed by atoms with Crippen molar-refractivity contribution in [3.63, 3.8) is 0 Å². The Morgan fingerprint density at radius 1 is 1.30 bits per heavy atom. The fourth-order valence-corrected chi connectivity index (χ4v) is 5.08. The first-order valence-electron chi connectivity index (χ1n) is 10.5. The van der Waals surface area contributed by atoms with E-state index in [1.165, 1.54) is 19.2 Å². The predicted octanol–water partition coefficient (Wildman–Crippen LogP) is 3.28. The Morgan fingerprint density at radius 3 is 2.79 bits per heavy atom. The highest BCUT2D eigenvalue weighted by Crippen LogP contribution is 2.35. The van der Waals surface area contributed by atoms with E-state index >= 15 is 0 Å². The van der Waals surface area contributed by atoms with Crippen LogP contribution in [0.15, 0.2) is 52.0 Å². The zero-order chi connectivity index (χ0) is 23.4. The van der Waals surface area contributed by atoms with Crippen molar-refractivity contribution in [2.45, 2.75) is 42.6 Å². The van der Waals surface area contributed by atoms with Gasteiger partial charge in [0.25, 0.3) is 0 Å². The number of carbonyl (C=O) groups excluding carboxylic acids is 1. The molecular weight excluding hydrogens is 447 g/mol. The molecule has 8 nitrogen and oxygen atoms in total. The zero-order valence-electron chi connectivity index (χ0n) is 18.3. The fraction of sp³-hybridized carbons (Fsp3) is 0.348. The lowest BCUT2D eigenvalue weighted by atomic mass is 10.1. The van der Waals surface area contributed by atoms with E-state index in [1.54, 1.807) is 43.0 Å². The molecule has 2 atom stereocenters. The van der Waals surface area contributed by atoms with Gasteiger partial charge in [0, 0.05) is 23.2 Å². The monoisotopic (exact) mass is 472 g/mol. The van der Waals surface area contributed by atoms with Crippen LogP contribution in [0, 0.1) is 12.7 Å². The third-order valence-electron chi connectivity index (χ3n) is 5.59. The molecule has 1 saturated heterocycles. The Morgan fingerprint density at radius 2 is 2.09 bits per heavy atom. The molecular formula is C23H25FN4O4S. The molecule has 2 N–H and O–H groups in total. The molecule has 1 aliphatic rings. The van der Waals surface area contributed by atoms with Gasteiger partial charge in [0.2, 0.25) is 5.91 Å². The van der Waals surface area contributed by atoms with Gasteiger partial charge >= 0.3 is 0 Å². The number of nitrogens with one attached hydrogen (secondary N) is 1. The third kappa shape index (κ3) is 5.63. The summed E-state index contributed by atoms with van der Waals surface area (Å²) < 4.78 is 23.2. The van der Waals surface area contributed by atoms with Crippen LogP contribution in [-0.2, 0) is 17.9 Å². The van der Waals surface area contributed by atoms with Gasteiger partial charge in [0.05, 0.1) is 19.7 Å². The number of aryl methyl sites for hydroxylation is 1. The molecule has 0 unspecified atom stereocenters. The van der Waals surface area contributed by atoms with E-state index in [9.17, 15) is 14.3 Å². The molecule has 3 aromatic rings. The number of halogens is 1. The Labute approximate surface area is 195 Å². The lowest BCUT2D eigenvalue weighted by molar-refractivity contribution is -0.125. The first-order valence-corrected chi connectivity index (χ1v) is 11.4. The van der Waals surface area contributed by atoms with E-state index in [-0.39, 0.29) is 35.3 Å². The number of amides is 1. The van der Waals surface area contributed by atoms with Crippen LogP contribution in [0.4, 0.5) is 4.39 Å². The number of hydrogen-bond donors (Lipinski definition) is 2. The lowest BCUT2D eigenvalue weighted by Gasteiger charge is -2.23. The van der Waals surface area contributed by atoms with Gasteiger partial charge in [0.1, 0.15) is 17.2 Å². The van der Waals surface area contributed by atoms with Gasteiger partial charge in [-0.2, -0.15) is 0 Å². The van der Waals surface area contributed by atoms with Gasteiger partial charge in [0.15, 0.2) is 11.5 Å². The van der Waals surface area contributed by atoms with Crippen LogP contribution in [0.2, 0.25) is 0 Å². The molecule has 10 heteroatoms. The van der Waals surface area contributed by atoms with Crippen molar-refractivity contribution in [2.75, 3.05) is 13.7 Å². The maximum atomic E-state index is 13.3. The SMILES string of the molecule is COc1cc(CN2C[C@H](Sc3ccc(F)cc3)C[C@H]2C(=O)NCc2nonc2C)ccc1O. The number of nitrogens with zero attached hydrogens (tertiary/aromatic N) is 3. The molecule has 0 spiro atoms. The quantitative estimate of drug-likeness (QED) is 0.515. The second kappa shape index (κ2) is 10.2. The van der Waals surface area contributed by atoms with Crippen molar-refractivity contribution < 1.29 is 23.7 Å². The van der Waals surface area contributed by atoms with E-state index in [0.717, 1.165) is 10.5 Å². The Bertz CT molecular complexity index is 1110. The van der Waals surface area contributed by atoms with Gasteiger partial charge < -0.3 is 15.2 Å². The number of carbonyl (C=O) groups is 1. The summed E-state index contributed by atoms with van der Waals surface area (Å²) in [7, 11) is 1.50. The molecule has 0 bridgehead atoms. The summed E-state index contributed by atoms with van der Waals surface area (Å²) in [6.45, 7) is 3.20. The van der Waals surface area contributed by atoms with E-state index in [4.69, 9.17) is 9.37 Å². The number of hydrogen-bond acceptors (Lipinski definition) is 8. The average molecular weight is 473 g/mol. The van der Waals surface area contributed by atoms with Crippen molar-refractivity contribution in [2.24, 2.45) is 0 Å². The van der Waals surface area contributed by atoms with Gasteiger partial charge in [-0.25, -0.2) is 9.02 Å². The standard InChI is InChI=1S/C23H25FN4O4S/c1-14-19(27-32-26-14)11-25-23(30)20-10-18(33-17-6-4-16(24)5-7-17)13-28(20)12-15-3-8-21(29)22(9-15)31-2/h3-9,18,20,29H,10-13H2,1-2H3,(H,25,30)/t18-,20+/m1/s1. The fourth-order valence-electron chi connectivity index (χ4n) is 3.85. The Kier molecular flexibility index (Phi) is 7.14. The van der Waals surface area contributed by atoms with Crippen LogP contribution < -0.4 is 10.1 Å². The smallest absolute Gasteiger partial charge is 0.237 e. The lowest BCUT2D eigenvalue weighted by Crippen LogP contribution is -2.42. The largest absolute Gasteiger partial charge is 0.504 e. The number of aromatic nitrogens is 2. The van der Waals surface area contributed by atoms with E-state index in [2.05, 4.69) is 20.5 Å². The number of likely N-dealkylation sites (tertiary alicyclic amines) is 1. The van der Waals surface area contributed by atoms with Crippen LogP contribution >= 0.6 is 11.8 Å². The van der Waals surface area contributed by atoms with Gasteiger partial charge in [-0.15, -0.1) is 11.8 Å². The number of thioether (sulfide) groups is 1. The normalized spacial score (nSPS) is 18.4. The Hall–Kier alpha value is -3.11. The third-order valence-corrected chi connectivity index (χ3v) is 6.81. The number of aromatic hydroxyl groups is 1. The number of methoxy groups -OCH3 is 1. The number of phenols is 1. The maximum absolute atomic E-state index is 13.3. The minimum Gasteiger partial charge on any atom is -0.504 e. The summed E-state index contributed by atoms with van der Waals surface area (Å²) in [5.74, 6) is 0.0751. The molecule has 2 heterocycles. The number of ether oxygens (including phenoxy) is 1. The van der Waals surface area contributed by atoms with Crippen LogP contribution in [0.3, 0.4) is 0 Å². The summed E-state index contributed by atoms with van der Waals surface area (Å²) in [4.78, 5) is 16.2. The highest BCUT2D eigenvalue weighted by atomic mass is 32.2. The van der Waals surface area contributed by atoms with Gasteiger partial charge in [-0.05, 0) is 55.3 Å². The Balaban J connectivity index is 1.48. The number of phenolic OH excluding ortho intramolecular Hbond substituents is 1. The molecule has 1 aromatic heterocycles. The molecule has 0 aliphatic carbocycles. The van der Waals surface area contributed by atoms with Crippen molar-refractivity contribution in [1.29, 1.82) is 0 Å². The number of rotatable bonds is 8. The topological polar surface area (TPSA) is 101 Å². The van der Waals surface area contributed by atoms with Crippen LogP contribution in [0.5, 0.6) is 11.5 Å². The highest BCUT2D eigenvalue weighted by Gasteiger charge is 2.37. The van der Waals surface area contributed by atoms with Crippen molar-refractivity contribution in [3.8, 4) is 11.5 Å². The summed E-state index contributed by atoms with van der Waals surface area (Å²) >= 11 is 1.63. The van der Waals surface area contributed by atoms with Gasteiger partial charge in [-0.3, -0.25) is 9.69 Å². The molecule has 0 saturated carbocycles. The highest BCUT2D eigenvalue weighted by molar-refractivity contribution is 8.00. The maximum Gasteiger partial charge on any atom is 0.237 e. The predicted molar refractivity (Wildman–Crippen MR) is 120 cm³/mol. The molecule has 2 aromatic carbocycles. The van der Waals surface area contributed by atoms with Gasteiger partial charge in [-0.1, -0.05) is 16.4 Å². The molecule has 1 fully saturated rings. The molecule has 4 rings (SSSR count). The molecule has 1 aliphatic heterocycles. The van der Waals surface area contributed by atoms with Crippen LogP contribution in [0.1, 0.15) is 23.4 Å². The summed E-state index contributed by atoms with van der Waals surface area (Å²) in [5.41, 5.74) is 2.15. The van der Waals surface area contributed by atoms with Crippen LogP contribution in [-0.4, -0.2) is 51.2 Å². The second-order valence-corrected chi connectivity index (χ2v) is 9.27. The summed E-state index contributed by atoms with van der Waals surface area (Å²) in [6, 6.07) is 11.2. The minimum absolute atomic E-state index is 0.0679. The van der Waals surface area contributed by atoms with E-state index < -0.39 is 0 Å². The first kappa shape index (κ1) is 23.1. The molecule has 33 heavy (non-hydrogen) atoms. The van der Waals surface area contributed by atoms with E-state index in [1.807, 2.05) is 6.07 Å². The van der Waals surface area contributed by atoms with Crippen molar-refractivity contribution >= 4 is 17.7 Å². The second-order valence-electron chi connectivity index (χ2n) is 7.90. The van der Waals surface area contributed by atoms with Crippen LogP contribution in [0.25, 0.3) is 0 Å². The zero-order valence-corrected chi connectivity index (χ0v) is 19.1. The first-order chi connectivity index (χ1) is 15.9.